The van der Waals surface area contributed by atoms with Crippen LogP contribution in [-0.4, -0.2) is 67.5 Å². The Balaban J connectivity index is 1.41. The van der Waals surface area contributed by atoms with Crippen molar-refractivity contribution in [2.24, 2.45) is 21.8 Å². The minimum absolute atomic E-state index is 0.149. The predicted octanol–water partition coefficient (Wildman–Crippen LogP) is 2.22. The molecular weight excluding hydrogens is 388 g/mol. The zero-order chi connectivity index (χ0) is 19.5. The fraction of sp³-hybridized carbons (Fsp3) is 0.632. The molecule has 0 aromatic carbocycles. The maximum Gasteiger partial charge on any atom is 0.263 e. The standard InChI is InChI=1S/C19H23F2N3O3S/c20-14-5-12(27-9-11-7-22-8-15(11)21)6-16-18(14)19(25)24-17(23-16)10-28-13-1-3-26-4-2-13/h5-6,11,13,15,18,22H,1-4,7-10H2/t11-,15-,18?/m1/s1. The van der Waals surface area contributed by atoms with Crippen molar-refractivity contribution >= 4 is 29.2 Å². The number of thioether (sulfide) groups is 1. The Bertz CT molecular complexity index is 747. The van der Waals surface area contributed by atoms with Crippen molar-refractivity contribution in [1.29, 1.82) is 0 Å². The Hall–Kier alpha value is -1.58. The maximum atomic E-state index is 14.5. The number of nitrogens with one attached hydrogen (secondary N) is 1. The fourth-order valence-electron chi connectivity index (χ4n) is 3.59. The lowest BCUT2D eigenvalue weighted by molar-refractivity contribution is -0.119. The second-order valence-electron chi connectivity index (χ2n) is 7.28. The minimum Gasteiger partial charge on any atom is -0.493 e. The molecule has 1 unspecified atom stereocenters. The molecule has 28 heavy (non-hydrogen) atoms. The van der Waals surface area contributed by atoms with Gasteiger partial charge < -0.3 is 14.8 Å². The third kappa shape index (κ3) is 4.52. The van der Waals surface area contributed by atoms with E-state index in [9.17, 15) is 13.6 Å². The van der Waals surface area contributed by atoms with Gasteiger partial charge >= 0.3 is 0 Å². The van der Waals surface area contributed by atoms with Crippen LogP contribution in [-0.2, 0) is 14.3 Å². The summed E-state index contributed by atoms with van der Waals surface area (Å²) in [6.07, 6.45) is 3.70. The molecule has 2 saturated heterocycles. The summed E-state index contributed by atoms with van der Waals surface area (Å²) in [5, 5.41) is 3.41. The van der Waals surface area contributed by atoms with Gasteiger partial charge in [-0.25, -0.2) is 13.8 Å². The van der Waals surface area contributed by atoms with E-state index in [1.807, 2.05) is 0 Å². The fourth-order valence-corrected chi connectivity index (χ4v) is 4.63. The molecule has 0 aromatic heterocycles. The molecule has 0 spiro atoms. The number of ether oxygens (including phenoxy) is 2. The molecule has 152 valence electrons. The predicted molar refractivity (Wildman–Crippen MR) is 104 cm³/mol. The van der Waals surface area contributed by atoms with Gasteiger partial charge in [0.05, 0.1) is 18.1 Å². The molecule has 4 aliphatic rings. The largest absolute Gasteiger partial charge is 0.493 e. The van der Waals surface area contributed by atoms with Gasteiger partial charge in [-0.2, -0.15) is 16.8 Å². The summed E-state index contributed by atoms with van der Waals surface area (Å²) in [5.41, 5.74) is 0.305. The monoisotopic (exact) mass is 411 g/mol. The van der Waals surface area contributed by atoms with E-state index in [1.165, 1.54) is 6.08 Å². The molecule has 3 heterocycles. The molecule has 6 nitrogen and oxygen atoms in total. The van der Waals surface area contributed by atoms with E-state index >= 15 is 0 Å². The quantitative estimate of drug-likeness (QED) is 0.726. The van der Waals surface area contributed by atoms with E-state index in [-0.39, 0.29) is 18.3 Å². The number of amides is 1. The molecule has 0 radical (unpaired) electrons. The lowest BCUT2D eigenvalue weighted by Gasteiger charge is -2.24. The second-order valence-corrected chi connectivity index (χ2v) is 8.57. The van der Waals surface area contributed by atoms with Crippen molar-refractivity contribution in [3.05, 3.63) is 23.7 Å². The first-order valence-corrected chi connectivity index (χ1v) is 10.6. The van der Waals surface area contributed by atoms with Crippen LogP contribution in [0.4, 0.5) is 8.78 Å². The second kappa shape index (κ2) is 8.84. The van der Waals surface area contributed by atoms with Crippen LogP contribution in [0.2, 0.25) is 0 Å². The number of alkyl halides is 1. The minimum atomic E-state index is -1.09. The summed E-state index contributed by atoms with van der Waals surface area (Å²) in [7, 11) is 0. The highest BCUT2D eigenvalue weighted by Crippen LogP contribution is 2.29. The van der Waals surface area contributed by atoms with Gasteiger partial charge in [0.2, 0.25) is 0 Å². The van der Waals surface area contributed by atoms with Crippen LogP contribution in [0.15, 0.2) is 33.7 Å². The van der Waals surface area contributed by atoms with Gasteiger partial charge in [-0.05, 0) is 12.8 Å². The van der Waals surface area contributed by atoms with Crippen LogP contribution >= 0.6 is 11.8 Å². The van der Waals surface area contributed by atoms with E-state index < -0.39 is 23.8 Å². The normalized spacial score (nSPS) is 30.9. The van der Waals surface area contributed by atoms with Crippen molar-refractivity contribution in [3.63, 3.8) is 0 Å². The Morgan fingerprint density at radius 3 is 2.82 bits per heavy atom. The summed E-state index contributed by atoms with van der Waals surface area (Å²) in [4.78, 5) is 20.7. The van der Waals surface area contributed by atoms with Crippen molar-refractivity contribution < 1.29 is 23.0 Å². The molecule has 1 amide bonds. The molecule has 2 fully saturated rings. The molecular formula is C19H23F2N3O3S. The molecule has 0 aromatic rings. The van der Waals surface area contributed by atoms with E-state index in [0.717, 1.165) is 26.1 Å². The summed E-state index contributed by atoms with van der Waals surface area (Å²) in [5.74, 6) is -1.37. The number of hydrogen-bond acceptors (Lipinski definition) is 6. The first-order chi connectivity index (χ1) is 13.6. The Morgan fingerprint density at radius 1 is 1.25 bits per heavy atom. The summed E-state index contributed by atoms with van der Waals surface area (Å²) in [6, 6.07) is 0. The first kappa shape index (κ1) is 19.7. The van der Waals surface area contributed by atoms with Crippen LogP contribution in [0.25, 0.3) is 0 Å². The SMILES string of the molecule is O=C1N=C(CSC2CCOCC2)N=C2C=C(OC[C@H]3CNC[C@H]3F)C=C(F)C12. The number of allylic oxidation sites excluding steroid dienone is 2. The van der Waals surface area contributed by atoms with Crippen LogP contribution in [0.5, 0.6) is 0 Å². The topological polar surface area (TPSA) is 72.3 Å². The van der Waals surface area contributed by atoms with Gasteiger partial charge in [0.1, 0.15) is 29.5 Å². The van der Waals surface area contributed by atoms with Gasteiger partial charge in [0.15, 0.2) is 0 Å². The van der Waals surface area contributed by atoms with Crippen molar-refractivity contribution in [1.82, 2.24) is 5.32 Å². The molecule has 4 rings (SSSR count). The molecule has 3 aliphatic heterocycles. The number of hydrogen-bond donors (Lipinski definition) is 1. The zero-order valence-electron chi connectivity index (χ0n) is 15.4. The number of carbonyl (C=O) groups is 1. The molecule has 1 N–H and O–H groups in total. The lowest BCUT2D eigenvalue weighted by Crippen LogP contribution is -2.31. The van der Waals surface area contributed by atoms with Gasteiger partial charge in [0, 0.05) is 49.6 Å². The Kier molecular flexibility index (Phi) is 6.22. The van der Waals surface area contributed by atoms with Crippen molar-refractivity contribution in [2.45, 2.75) is 24.3 Å². The van der Waals surface area contributed by atoms with Gasteiger partial charge in [-0.15, -0.1) is 0 Å². The molecule has 1 aliphatic carbocycles. The van der Waals surface area contributed by atoms with Crippen molar-refractivity contribution in [3.8, 4) is 0 Å². The van der Waals surface area contributed by atoms with Crippen LogP contribution < -0.4 is 5.32 Å². The highest BCUT2D eigenvalue weighted by Gasteiger charge is 2.35. The number of rotatable bonds is 6. The number of halogens is 2. The highest BCUT2D eigenvalue weighted by molar-refractivity contribution is 8.00. The Labute approximate surface area is 166 Å². The van der Waals surface area contributed by atoms with E-state index in [2.05, 4.69) is 15.3 Å². The van der Waals surface area contributed by atoms with E-state index in [0.29, 0.717) is 35.6 Å². The molecule has 3 atom stereocenters. The third-order valence-corrected chi connectivity index (χ3v) is 6.59. The Morgan fingerprint density at radius 2 is 2.07 bits per heavy atom. The first-order valence-electron chi connectivity index (χ1n) is 9.56. The number of carbonyl (C=O) groups excluding carboxylic acids is 1. The molecule has 9 heteroatoms. The average molecular weight is 411 g/mol. The van der Waals surface area contributed by atoms with Crippen LogP contribution in [0.1, 0.15) is 12.8 Å². The smallest absolute Gasteiger partial charge is 0.263 e. The van der Waals surface area contributed by atoms with Crippen molar-refractivity contribution in [2.75, 3.05) is 38.7 Å². The number of fused-ring (bicyclic) bond motifs is 1. The van der Waals surface area contributed by atoms with Crippen LogP contribution in [0, 0.1) is 11.8 Å². The van der Waals surface area contributed by atoms with E-state index in [4.69, 9.17) is 9.47 Å². The molecule has 0 saturated carbocycles. The van der Waals surface area contributed by atoms with Gasteiger partial charge in [0.25, 0.3) is 5.91 Å². The summed E-state index contributed by atoms with van der Waals surface area (Å²) >= 11 is 1.70. The average Bonchev–Trinajstić information content (AvgIpc) is 3.10. The number of aliphatic imine (C=N–C) groups is 2. The van der Waals surface area contributed by atoms with Crippen LogP contribution in [0.3, 0.4) is 0 Å². The zero-order valence-corrected chi connectivity index (χ0v) is 16.2. The molecule has 0 bridgehead atoms. The van der Waals surface area contributed by atoms with Gasteiger partial charge in [-0.1, -0.05) is 0 Å². The number of amidine groups is 1. The maximum absolute atomic E-state index is 14.5. The third-order valence-electron chi connectivity index (χ3n) is 5.22. The highest BCUT2D eigenvalue weighted by atomic mass is 32.2. The summed E-state index contributed by atoms with van der Waals surface area (Å²) < 4.78 is 39.1. The number of nitrogens with zero attached hydrogens (tertiary/aromatic N) is 2. The summed E-state index contributed by atoms with van der Waals surface area (Å²) in [6.45, 7) is 2.48. The van der Waals surface area contributed by atoms with Gasteiger partial charge in [-0.3, -0.25) is 4.79 Å². The van der Waals surface area contributed by atoms with E-state index in [1.54, 1.807) is 17.8 Å². The lowest BCUT2D eigenvalue weighted by atomic mass is 9.94.